The van der Waals surface area contributed by atoms with E-state index in [1.165, 1.54) is 18.2 Å². The standard InChI is InChI=1S/C14H15ClF2N2O3/c15-11-4-3-10(6-12(11)22-13(16)17)19-14(21)18-9-2-1-8(5-9)7-20/h1-4,6,8-9,13,20H,5,7H2,(H2,18,19,21)/t8-,9+/m0/s1. The van der Waals surface area contributed by atoms with Crippen LogP contribution >= 0.6 is 11.6 Å². The summed E-state index contributed by atoms with van der Waals surface area (Å²) in [5, 5.41) is 14.2. The highest BCUT2D eigenvalue weighted by Gasteiger charge is 2.20. The molecule has 8 heteroatoms. The van der Waals surface area contributed by atoms with E-state index < -0.39 is 12.6 Å². The highest BCUT2D eigenvalue weighted by molar-refractivity contribution is 6.32. The minimum Gasteiger partial charge on any atom is -0.433 e. The van der Waals surface area contributed by atoms with Crippen molar-refractivity contribution in [2.24, 2.45) is 5.92 Å². The molecule has 0 saturated carbocycles. The van der Waals surface area contributed by atoms with Crippen molar-refractivity contribution in [1.29, 1.82) is 0 Å². The van der Waals surface area contributed by atoms with Crippen molar-refractivity contribution < 1.29 is 23.4 Å². The van der Waals surface area contributed by atoms with Gasteiger partial charge in [0.05, 0.1) is 5.02 Å². The van der Waals surface area contributed by atoms with Gasteiger partial charge < -0.3 is 20.5 Å². The zero-order valence-corrected chi connectivity index (χ0v) is 12.2. The summed E-state index contributed by atoms with van der Waals surface area (Å²) >= 11 is 5.73. The van der Waals surface area contributed by atoms with Crippen molar-refractivity contribution in [3.05, 3.63) is 35.4 Å². The van der Waals surface area contributed by atoms with Gasteiger partial charge in [-0.25, -0.2) is 4.79 Å². The fourth-order valence-corrected chi connectivity index (χ4v) is 2.28. The third kappa shape index (κ3) is 4.57. The van der Waals surface area contributed by atoms with Crippen LogP contribution in [0, 0.1) is 5.92 Å². The number of amides is 2. The number of hydrogen-bond acceptors (Lipinski definition) is 3. The number of carbonyl (C=O) groups excluding carboxylic acids is 1. The van der Waals surface area contributed by atoms with Crippen molar-refractivity contribution in [1.82, 2.24) is 5.32 Å². The predicted octanol–water partition coefficient (Wildman–Crippen LogP) is 3.00. The van der Waals surface area contributed by atoms with Gasteiger partial charge >= 0.3 is 12.6 Å². The summed E-state index contributed by atoms with van der Waals surface area (Å²) in [6.45, 7) is -2.97. The minimum atomic E-state index is -3.00. The predicted molar refractivity (Wildman–Crippen MR) is 78.4 cm³/mol. The van der Waals surface area contributed by atoms with E-state index in [1.807, 2.05) is 6.08 Å². The molecule has 2 atom stereocenters. The third-order valence-corrected chi connectivity index (χ3v) is 3.44. The van der Waals surface area contributed by atoms with Gasteiger partial charge in [0.2, 0.25) is 0 Å². The van der Waals surface area contributed by atoms with Gasteiger partial charge in [0.15, 0.2) is 0 Å². The van der Waals surface area contributed by atoms with E-state index in [-0.39, 0.29) is 35.0 Å². The Hall–Kier alpha value is -1.86. The molecule has 120 valence electrons. The van der Waals surface area contributed by atoms with Crippen LogP contribution in [-0.4, -0.2) is 30.4 Å². The normalized spacial score (nSPS) is 20.2. The monoisotopic (exact) mass is 332 g/mol. The van der Waals surface area contributed by atoms with Crippen molar-refractivity contribution in [2.75, 3.05) is 11.9 Å². The number of urea groups is 1. The average Bonchev–Trinajstić information content (AvgIpc) is 2.89. The van der Waals surface area contributed by atoms with E-state index in [9.17, 15) is 13.6 Å². The number of hydrogen-bond donors (Lipinski definition) is 3. The van der Waals surface area contributed by atoms with Crippen molar-refractivity contribution >= 4 is 23.3 Å². The highest BCUT2D eigenvalue weighted by atomic mass is 35.5. The molecule has 0 unspecified atom stereocenters. The smallest absolute Gasteiger partial charge is 0.387 e. The lowest BCUT2D eigenvalue weighted by Gasteiger charge is -2.14. The second-order valence-electron chi connectivity index (χ2n) is 4.79. The van der Waals surface area contributed by atoms with Gasteiger partial charge in [0.1, 0.15) is 5.75 Å². The molecule has 1 aliphatic carbocycles. The van der Waals surface area contributed by atoms with Gasteiger partial charge in [-0.05, 0) is 18.6 Å². The Morgan fingerprint density at radius 3 is 2.86 bits per heavy atom. The quantitative estimate of drug-likeness (QED) is 0.726. The maximum Gasteiger partial charge on any atom is 0.387 e. The first-order valence-corrected chi connectivity index (χ1v) is 6.97. The van der Waals surface area contributed by atoms with Crippen LogP contribution < -0.4 is 15.4 Å². The maximum absolute atomic E-state index is 12.2. The number of aliphatic hydroxyl groups is 1. The lowest BCUT2D eigenvalue weighted by molar-refractivity contribution is -0.0497. The number of aliphatic hydroxyl groups excluding tert-OH is 1. The van der Waals surface area contributed by atoms with Gasteiger partial charge in [0.25, 0.3) is 0 Å². The molecule has 0 heterocycles. The Morgan fingerprint density at radius 2 is 2.23 bits per heavy atom. The van der Waals surface area contributed by atoms with Gasteiger partial charge in [-0.15, -0.1) is 0 Å². The lowest BCUT2D eigenvalue weighted by atomic mass is 10.1. The fourth-order valence-electron chi connectivity index (χ4n) is 2.12. The van der Waals surface area contributed by atoms with Crippen molar-refractivity contribution in [3.8, 4) is 5.75 Å². The summed E-state index contributed by atoms with van der Waals surface area (Å²) in [7, 11) is 0. The number of anilines is 1. The second kappa shape index (κ2) is 7.42. The van der Waals surface area contributed by atoms with E-state index >= 15 is 0 Å². The molecular weight excluding hydrogens is 318 g/mol. The molecule has 5 nitrogen and oxygen atoms in total. The minimum absolute atomic E-state index is 0.0239. The number of nitrogens with one attached hydrogen (secondary N) is 2. The van der Waals surface area contributed by atoms with Crippen LogP contribution in [0.1, 0.15) is 6.42 Å². The highest BCUT2D eigenvalue weighted by Crippen LogP contribution is 2.29. The van der Waals surface area contributed by atoms with E-state index in [4.69, 9.17) is 16.7 Å². The molecule has 0 saturated heterocycles. The molecule has 2 amide bonds. The molecule has 0 fully saturated rings. The van der Waals surface area contributed by atoms with E-state index in [2.05, 4.69) is 15.4 Å². The topological polar surface area (TPSA) is 70.6 Å². The molecule has 2 rings (SSSR count). The van der Waals surface area contributed by atoms with E-state index in [1.54, 1.807) is 6.08 Å². The third-order valence-electron chi connectivity index (χ3n) is 3.13. The summed E-state index contributed by atoms with van der Waals surface area (Å²) < 4.78 is 28.7. The number of carbonyl (C=O) groups is 1. The first-order chi connectivity index (χ1) is 10.5. The molecule has 22 heavy (non-hydrogen) atoms. The number of alkyl halides is 2. The molecule has 3 N–H and O–H groups in total. The number of ether oxygens (including phenoxy) is 1. The molecule has 1 aromatic rings. The van der Waals surface area contributed by atoms with Crippen LogP contribution in [0.4, 0.5) is 19.3 Å². The Labute approximate surface area is 130 Å². The SMILES string of the molecule is O=C(Nc1ccc(Cl)c(OC(F)F)c1)N[C@@H]1C=C[C@H](CO)C1. The van der Waals surface area contributed by atoms with Crippen LogP contribution in [0.3, 0.4) is 0 Å². The van der Waals surface area contributed by atoms with Crippen LogP contribution in [0.5, 0.6) is 5.75 Å². The summed E-state index contributed by atoms with van der Waals surface area (Å²) in [5.74, 6) is -0.178. The average molecular weight is 333 g/mol. The number of halogens is 3. The zero-order valence-electron chi connectivity index (χ0n) is 11.4. The van der Waals surface area contributed by atoms with Crippen LogP contribution in [0.25, 0.3) is 0 Å². The summed E-state index contributed by atoms with van der Waals surface area (Å²) in [6, 6.07) is 3.38. The molecule has 1 aromatic carbocycles. The maximum atomic E-state index is 12.2. The van der Waals surface area contributed by atoms with Gasteiger partial charge in [0, 0.05) is 30.3 Å². The largest absolute Gasteiger partial charge is 0.433 e. The molecular formula is C14H15ClF2N2O3. The number of rotatable bonds is 5. The van der Waals surface area contributed by atoms with Gasteiger partial charge in [-0.2, -0.15) is 8.78 Å². The summed E-state index contributed by atoms with van der Waals surface area (Å²) in [6.07, 6.45) is 4.25. The Morgan fingerprint density at radius 1 is 1.45 bits per heavy atom. The Kier molecular flexibility index (Phi) is 5.57. The van der Waals surface area contributed by atoms with Crippen LogP contribution in [-0.2, 0) is 0 Å². The Bertz CT molecular complexity index is 569. The van der Waals surface area contributed by atoms with Crippen LogP contribution in [0.15, 0.2) is 30.4 Å². The van der Waals surface area contributed by atoms with Gasteiger partial charge in [-0.3, -0.25) is 0 Å². The summed E-state index contributed by atoms with van der Waals surface area (Å²) in [4.78, 5) is 11.8. The van der Waals surface area contributed by atoms with Crippen molar-refractivity contribution in [3.63, 3.8) is 0 Å². The van der Waals surface area contributed by atoms with Gasteiger partial charge in [-0.1, -0.05) is 23.8 Å². The zero-order chi connectivity index (χ0) is 16.1. The first kappa shape index (κ1) is 16.5. The molecule has 1 aliphatic rings. The molecule has 0 bridgehead atoms. The number of benzene rings is 1. The lowest BCUT2D eigenvalue weighted by Crippen LogP contribution is -2.36. The summed E-state index contributed by atoms with van der Waals surface area (Å²) in [5.41, 5.74) is 0.276. The molecule has 0 aromatic heterocycles. The van der Waals surface area contributed by atoms with E-state index in [0.29, 0.717) is 6.42 Å². The Balaban J connectivity index is 1.93. The first-order valence-electron chi connectivity index (χ1n) is 6.59. The molecule has 0 aliphatic heterocycles. The van der Waals surface area contributed by atoms with Crippen LogP contribution in [0.2, 0.25) is 5.02 Å². The molecule has 0 spiro atoms. The second-order valence-corrected chi connectivity index (χ2v) is 5.20. The van der Waals surface area contributed by atoms with E-state index in [0.717, 1.165) is 0 Å². The molecule has 0 radical (unpaired) electrons. The van der Waals surface area contributed by atoms with Crippen molar-refractivity contribution in [2.45, 2.75) is 19.1 Å². The fraction of sp³-hybridized carbons (Fsp3) is 0.357.